The van der Waals surface area contributed by atoms with Crippen LogP contribution in [0.25, 0.3) is 0 Å². The minimum Gasteiger partial charge on any atom is -0.496 e. The van der Waals surface area contributed by atoms with E-state index >= 15 is 0 Å². The van der Waals surface area contributed by atoms with Crippen molar-refractivity contribution in [2.24, 2.45) is 11.7 Å². The molecule has 94 valence electrons. The lowest BCUT2D eigenvalue weighted by molar-refractivity contribution is -0.119. The molecule has 0 aliphatic heterocycles. The molecule has 0 aliphatic rings. The number of hydrogen-bond donors (Lipinski definition) is 2. The maximum Gasteiger partial charge on any atom is 0.228 e. The van der Waals surface area contributed by atoms with Gasteiger partial charge in [0.1, 0.15) is 5.75 Å². The summed E-state index contributed by atoms with van der Waals surface area (Å²) < 4.78 is 5.16. The molecular formula is C13H20N2O2. The molecule has 2 unspecified atom stereocenters. The highest BCUT2D eigenvalue weighted by atomic mass is 16.5. The van der Waals surface area contributed by atoms with Gasteiger partial charge in [0.05, 0.1) is 13.0 Å². The monoisotopic (exact) mass is 236 g/mol. The second kappa shape index (κ2) is 5.68. The minimum atomic E-state index is -0.211. The van der Waals surface area contributed by atoms with Gasteiger partial charge in [-0.1, -0.05) is 6.92 Å². The number of rotatable bonds is 4. The van der Waals surface area contributed by atoms with Crippen molar-refractivity contribution >= 4 is 11.6 Å². The molecule has 1 aromatic rings. The molecule has 0 bridgehead atoms. The first-order valence-electron chi connectivity index (χ1n) is 5.66. The van der Waals surface area contributed by atoms with Crippen molar-refractivity contribution in [3.8, 4) is 5.75 Å². The first-order valence-corrected chi connectivity index (χ1v) is 5.66. The van der Waals surface area contributed by atoms with E-state index in [2.05, 4.69) is 5.32 Å². The Morgan fingerprint density at radius 2 is 2.06 bits per heavy atom. The number of benzene rings is 1. The number of carbonyl (C=O) groups excluding carboxylic acids is 1. The van der Waals surface area contributed by atoms with E-state index in [1.54, 1.807) is 7.11 Å². The maximum atomic E-state index is 11.8. The first-order chi connectivity index (χ1) is 7.95. The number of nitrogens with two attached hydrogens (primary N) is 1. The van der Waals surface area contributed by atoms with Gasteiger partial charge in [0.15, 0.2) is 0 Å². The van der Waals surface area contributed by atoms with E-state index in [-0.39, 0.29) is 17.9 Å². The van der Waals surface area contributed by atoms with E-state index in [9.17, 15) is 4.79 Å². The molecule has 4 nitrogen and oxygen atoms in total. The molecule has 0 spiro atoms. The van der Waals surface area contributed by atoms with E-state index in [4.69, 9.17) is 10.5 Å². The molecule has 0 fully saturated rings. The van der Waals surface area contributed by atoms with Crippen LogP contribution in [0.15, 0.2) is 18.2 Å². The Hall–Kier alpha value is -1.55. The van der Waals surface area contributed by atoms with E-state index < -0.39 is 0 Å². The third-order valence-electron chi connectivity index (χ3n) is 2.86. The SMILES string of the molecule is COc1ccc(NC(=O)C(C)C(C)N)cc1C. The van der Waals surface area contributed by atoms with Crippen LogP contribution in [0.2, 0.25) is 0 Å². The molecule has 3 N–H and O–H groups in total. The van der Waals surface area contributed by atoms with Crippen LogP contribution in [0.4, 0.5) is 5.69 Å². The normalized spacial score (nSPS) is 13.9. The molecule has 0 aromatic heterocycles. The quantitative estimate of drug-likeness (QED) is 0.839. The van der Waals surface area contributed by atoms with Crippen LogP contribution >= 0.6 is 0 Å². The van der Waals surface area contributed by atoms with Crippen molar-refractivity contribution in [2.45, 2.75) is 26.8 Å². The molecule has 2 atom stereocenters. The molecule has 0 heterocycles. The summed E-state index contributed by atoms with van der Waals surface area (Å²) in [4.78, 5) is 11.8. The minimum absolute atomic E-state index is 0.0652. The lowest BCUT2D eigenvalue weighted by Crippen LogP contribution is -2.34. The van der Waals surface area contributed by atoms with Gasteiger partial charge in [-0.25, -0.2) is 0 Å². The first kappa shape index (κ1) is 13.5. The predicted molar refractivity (Wildman–Crippen MR) is 69.2 cm³/mol. The Bertz CT molecular complexity index is 402. The van der Waals surface area contributed by atoms with Gasteiger partial charge in [-0.05, 0) is 37.6 Å². The Morgan fingerprint density at radius 3 is 2.53 bits per heavy atom. The number of amides is 1. The van der Waals surface area contributed by atoms with Gasteiger partial charge >= 0.3 is 0 Å². The lowest BCUT2D eigenvalue weighted by Gasteiger charge is -2.16. The summed E-state index contributed by atoms with van der Waals surface area (Å²) in [5, 5.41) is 2.84. The molecule has 17 heavy (non-hydrogen) atoms. The Labute approximate surface area is 102 Å². The lowest BCUT2D eigenvalue weighted by atomic mass is 10.0. The third kappa shape index (κ3) is 3.46. The summed E-state index contributed by atoms with van der Waals surface area (Å²) in [6, 6.07) is 5.37. The number of carbonyl (C=O) groups is 1. The van der Waals surface area contributed by atoms with Crippen molar-refractivity contribution in [3.05, 3.63) is 23.8 Å². The third-order valence-corrected chi connectivity index (χ3v) is 2.86. The zero-order valence-corrected chi connectivity index (χ0v) is 10.8. The second-order valence-corrected chi connectivity index (χ2v) is 4.32. The summed E-state index contributed by atoms with van der Waals surface area (Å²) in [5.74, 6) is 0.533. The molecule has 0 aliphatic carbocycles. The predicted octanol–water partition coefficient (Wildman–Crippen LogP) is 1.93. The fourth-order valence-electron chi connectivity index (χ4n) is 1.45. The van der Waals surface area contributed by atoms with Gasteiger partial charge in [0.25, 0.3) is 0 Å². The zero-order chi connectivity index (χ0) is 13.0. The number of methoxy groups -OCH3 is 1. The molecular weight excluding hydrogens is 216 g/mol. The van der Waals surface area contributed by atoms with Crippen LogP contribution in [-0.4, -0.2) is 19.1 Å². The Morgan fingerprint density at radius 1 is 1.41 bits per heavy atom. The van der Waals surface area contributed by atoms with Crippen LogP contribution in [0.1, 0.15) is 19.4 Å². The topological polar surface area (TPSA) is 64.3 Å². The number of anilines is 1. The van der Waals surface area contributed by atoms with Crippen molar-refractivity contribution in [2.75, 3.05) is 12.4 Å². The van der Waals surface area contributed by atoms with E-state index in [0.717, 1.165) is 17.0 Å². The number of aryl methyl sites for hydroxylation is 1. The average Bonchev–Trinajstić information content (AvgIpc) is 2.28. The second-order valence-electron chi connectivity index (χ2n) is 4.32. The van der Waals surface area contributed by atoms with Gasteiger partial charge in [-0.2, -0.15) is 0 Å². The number of hydrogen-bond acceptors (Lipinski definition) is 3. The zero-order valence-electron chi connectivity index (χ0n) is 10.8. The van der Waals surface area contributed by atoms with Crippen LogP contribution in [0.3, 0.4) is 0 Å². The number of nitrogens with one attached hydrogen (secondary N) is 1. The van der Waals surface area contributed by atoms with Crippen molar-refractivity contribution < 1.29 is 9.53 Å². The van der Waals surface area contributed by atoms with E-state index in [1.807, 2.05) is 39.0 Å². The standard InChI is InChI=1S/C13H20N2O2/c1-8-7-11(5-6-12(8)17-4)15-13(16)9(2)10(3)14/h5-7,9-10H,14H2,1-4H3,(H,15,16). The molecule has 0 radical (unpaired) electrons. The van der Waals surface area contributed by atoms with Gasteiger partial charge in [0.2, 0.25) is 5.91 Å². The molecule has 4 heteroatoms. The van der Waals surface area contributed by atoms with Crippen molar-refractivity contribution in [3.63, 3.8) is 0 Å². The molecule has 1 amide bonds. The average molecular weight is 236 g/mol. The molecule has 1 rings (SSSR count). The molecule has 0 saturated heterocycles. The Kier molecular flexibility index (Phi) is 4.52. The summed E-state index contributed by atoms with van der Waals surface area (Å²) in [6.45, 7) is 5.57. The fraction of sp³-hybridized carbons (Fsp3) is 0.462. The smallest absolute Gasteiger partial charge is 0.228 e. The van der Waals surface area contributed by atoms with E-state index in [0.29, 0.717) is 0 Å². The van der Waals surface area contributed by atoms with Crippen LogP contribution in [0, 0.1) is 12.8 Å². The molecule has 1 aromatic carbocycles. The van der Waals surface area contributed by atoms with E-state index in [1.165, 1.54) is 0 Å². The highest BCUT2D eigenvalue weighted by Gasteiger charge is 2.17. The highest BCUT2D eigenvalue weighted by molar-refractivity contribution is 5.92. The maximum absolute atomic E-state index is 11.8. The van der Waals surface area contributed by atoms with Gasteiger partial charge in [-0.3, -0.25) is 4.79 Å². The Balaban J connectivity index is 2.76. The number of ether oxygens (including phenoxy) is 1. The van der Waals surface area contributed by atoms with Gasteiger partial charge < -0.3 is 15.8 Å². The largest absolute Gasteiger partial charge is 0.496 e. The van der Waals surface area contributed by atoms with Crippen LogP contribution in [-0.2, 0) is 4.79 Å². The van der Waals surface area contributed by atoms with Crippen LogP contribution in [0.5, 0.6) is 5.75 Å². The van der Waals surface area contributed by atoms with Crippen LogP contribution < -0.4 is 15.8 Å². The van der Waals surface area contributed by atoms with Gasteiger partial charge in [0, 0.05) is 11.7 Å². The summed E-state index contributed by atoms with van der Waals surface area (Å²) in [5.41, 5.74) is 7.43. The van der Waals surface area contributed by atoms with Gasteiger partial charge in [-0.15, -0.1) is 0 Å². The van der Waals surface area contributed by atoms with Crippen molar-refractivity contribution in [1.29, 1.82) is 0 Å². The summed E-state index contributed by atoms with van der Waals surface area (Å²) in [6.07, 6.45) is 0. The highest BCUT2D eigenvalue weighted by Crippen LogP contribution is 2.21. The molecule has 0 saturated carbocycles. The fourth-order valence-corrected chi connectivity index (χ4v) is 1.45. The summed E-state index contributed by atoms with van der Waals surface area (Å²) in [7, 11) is 1.62. The van der Waals surface area contributed by atoms with Crippen molar-refractivity contribution in [1.82, 2.24) is 0 Å². The summed E-state index contributed by atoms with van der Waals surface area (Å²) >= 11 is 0.